The molecular weight excluding hydrogens is 220 g/mol. The van der Waals surface area contributed by atoms with Crippen LogP contribution in [0.15, 0.2) is 18.3 Å². The predicted molar refractivity (Wildman–Crippen MR) is 71.1 cm³/mol. The summed E-state index contributed by atoms with van der Waals surface area (Å²) in [6.07, 6.45) is 3.43. The van der Waals surface area contributed by atoms with Crippen LogP contribution < -0.4 is 4.90 Å². The largest absolute Gasteiger partial charge is 0.387 e. The van der Waals surface area contributed by atoms with Gasteiger partial charge in [0.1, 0.15) is 0 Å². The smallest absolute Gasteiger partial charge is 0.0931 e. The highest BCUT2D eigenvalue weighted by Crippen LogP contribution is 2.18. The molecule has 1 heterocycles. The molecular formula is C12H20N2OS. The zero-order chi connectivity index (χ0) is 12.1. The fourth-order valence-corrected chi connectivity index (χ4v) is 2.17. The average molecular weight is 240 g/mol. The van der Waals surface area contributed by atoms with Crippen LogP contribution >= 0.6 is 11.8 Å². The molecule has 1 unspecified atom stereocenters. The van der Waals surface area contributed by atoms with E-state index in [0.717, 1.165) is 17.1 Å². The van der Waals surface area contributed by atoms with Crippen molar-refractivity contribution in [1.82, 2.24) is 4.98 Å². The quantitative estimate of drug-likeness (QED) is 0.857. The third kappa shape index (κ3) is 3.39. The van der Waals surface area contributed by atoms with E-state index < -0.39 is 6.10 Å². The normalized spacial score (nSPS) is 14.6. The van der Waals surface area contributed by atoms with E-state index in [9.17, 15) is 5.11 Å². The number of anilines is 1. The van der Waals surface area contributed by atoms with Crippen molar-refractivity contribution in [2.45, 2.75) is 26.0 Å². The summed E-state index contributed by atoms with van der Waals surface area (Å²) < 4.78 is 0. The first-order chi connectivity index (χ1) is 7.56. The summed E-state index contributed by atoms with van der Waals surface area (Å²) in [5.41, 5.74) is 1.81. The van der Waals surface area contributed by atoms with Crippen molar-refractivity contribution in [1.29, 1.82) is 0 Å². The molecule has 0 aliphatic heterocycles. The highest BCUT2D eigenvalue weighted by atomic mass is 32.2. The van der Waals surface area contributed by atoms with Crippen molar-refractivity contribution < 1.29 is 5.11 Å². The Kier molecular flexibility index (Phi) is 5.09. The number of hydrogen-bond acceptors (Lipinski definition) is 4. The minimum Gasteiger partial charge on any atom is -0.387 e. The van der Waals surface area contributed by atoms with Gasteiger partial charge in [-0.1, -0.05) is 0 Å². The van der Waals surface area contributed by atoms with Gasteiger partial charge in [0.05, 0.1) is 23.7 Å². The van der Waals surface area contributed by atoms with Crippen LogP contribution in [0, 0.1) is 0 Å². The molecule has 0 spiro atoms. The molecule has 90 valence electrons. The predicted octanol–water partition coefficient (Wildman–Crippen LogP) is 2.32. The monoisotopic (exact) mass is 240 g/mol. The first-order valence-electron chi connectivity index (χ1n) is 5.42. The molecule has 0 aliphatic carbocycles. The van der Waals surface area contributed by atoms with Gasteiger partial charge < -0.3 is 10.0 Å². The van der Waals surface area contributed by atoms with E-state index in [1.54, 1.807) is 6.92 Å². The van der Waals surface area contributed by atoms with Crippen LogP contribution in [0.25, 0.3) is 0 Å². The van der Waals surface area contributed by atoms with Gasteiger partial charge in [-0.2, -0.15) is 11.8 Å². The summed E-state index contributed by atoms with van der Waals surface area (Å²) in [6.45, 7) is 3.92. The SMILES string of the molecule is CSCC(C)N(C)c1ccc([C@@H](C)O)nc1. The van der Waals surface area contributed by atoms with Crippen LogP contribution in [0.3, 0.4) is 0 Å². The van der Waals surface area contributed by atoms with E-state index in [-0.39, 0.29) is 0 Å². The minimum atomic E-state index is -0.497. The van der Waals surface area contributed by atoms with Gasteiger partial charge >= 0.3 is 0 Å². The molecule has 0 aliphatic rings. The van der Waals surface area contributed by atoms with Gasteiger partial charge in [0.25, 0.3) is 0 Å². The van der Waals surface area contributed by atoms with Gasteiger partial charge in [-0.3, -0.25) is 4.98 Å². The van der Waals surface area contributed by atoms with E-state index in [4.69, 9.17) is 0 Å². The summed E-state index contributed by atoms with van der Waals surface area (Å²) in [5, 5.41) is 9.37. The highest BCUT2D eigenvalue weighted by molar-refractivity contribution is 7.98. The average Bonchev–Trinajstić information content (AvgIpc) is 2.28. The lowest BCUT2D eigenvalue weighted by Crippen LogP contribution is -2.30. The molecule has 3 nitrogen and oxygen atoms in total. The molecule has 0 amide bonds. The van der Waals surface area contributed by atoms with Gasteiger partial charge in [0, 0.05) is 18.8 Å². The molecule has 16 heavy (non-hydrogen) atoms. The van der Waals surface area contributed by atoms with Crippen LogP contribution in [0.5, 0.6) is 0 Å². The molecule has 1 aromatic heterocycles. The molecule has 0 aromatic carbocycles. The van der Waals surface area contributed by atoms with Crippen molar-refractivity contribution in [3.63, 3.8) is 0 Å². The fourth-order valence-electron chi connectivity index (χ4n) is 1.46. The fraction of sp³-hybridized carbons (Fsp3) is 0.583. The molecule has 0 saturated heterocycles. The zero-order valence-corrected chi connectivity index (χ0v) is 11.2. The Morgan fingerprint density at radius 1 is 1.44 bits per heavy atom. The van der Waals surface area contributed by atoms with Crippen molar-refractivity contribution >= 4 is 17.4 Å². The first-order valence-corrected chi connectivity index (χ1v) is 6.81. The molecule has 1 aromatic rings. The van der Waals surface area contributed by atoms with Gasteiger partial charge in [0.2, 0.25) is 0 Å². The molecule has 2 atom stereocenters. The van der Waals surface area contributed by atoms with Gasteiger partial charge in [0.15, 0.2) is 0 Å². The molecule has 0 radical (unpaired) electrons. The lowest BCUT2D eigenvalue weighted by molar-refractivity contribution is 0.194. The Morgan fingerprint density at radius 2 is 2.12 bits per heavy atom. The molecule has 0 fully saturated rings. The number of nitrogens with zero attached hydrogens (tertiary/aromatic N) is 2. The third-order valence-corrected chi connectivity index (χ3v) is 3.49. The Labute approximate surface area is 102 Å². The van der Waals surface area contributed by atoms with Crippen LogP contribution in [-0.2, 0) is 0 Å². The molecule has 0 bridgehead atoms. The summed E-state index contributed by atoms with van der Waals surface area (Å²) >= 11 is 1.84. The minimum absolute atomic E-state index is 0.481. The first kappa shape index (κ1) is 13.3. The summed E-state index contributed by atoms with van der Waals surface area (Å²) in [5.74, 6) is 1.09. The number of rotatable bonds is 5. The second-order valence-corrected chi connectivity index (χ2v) is 4.94. The number of hydrogen-bond donors (Lipinski definition) is 1. The summed E-state index contributed by atoms with van der Waals surface area (Å²) in [4.78, 5) is 6.45. The summed E-state index contributed by atoms with van der Waals surface area (Å²) in [6, 6.07) is 4.36. The van der Waals surface area contributed by atoms with Crippen molar-refractivity contribution in [3.8, 4) is 0 Å². The van der Waals surface area contributed by atoms with Crippen LogP contribution in [0.2, 0.25) is 0 Å². The van der Waals surface area contributed by atoms with Gasteiger partial charge in [-0.15, -0.1) is 0 Å². The van der Waals surface area contributed by atoms with Crippen LogP contribution in [-0.4, -0.2) is 35.2 Å². The maximum absolute atomic E-state index is 9.37. The molecule has 0 saturated carbocycles. The van der Waals surface area contributed by atoms with Crippen molar-refractivity contribution in [2.24, 2.45) is 0 Å². The van der Waals surface area contributed by atoms with Crippen molar-refractivity contribution in [2.75, 3.05) is 24.0 Å². The maximum atomic E-state index is 9.37. The van der Waals surface area contributed by atoms with E-state index in [2.05, 4.69) is 30.1 Å². The lowest BCUT2D eigenvalue weighted by atomic mass is 10.2. The van der Waals surface area contributed by atoms with Crippen molar-refractivity contribution in [3.05, 3.63) is 24.0 Å². The molecule has 4 heteroatoms. The lowest BCUT2D eigenvalue weighted by Gasteiger charge is -2.26. The number of pyridine rings is 1. The maximum Gasteiger partial charge on any atom is 0.0931 e. The van der Waals surface area contributed by atoms with Crippen LogP contribution in [0.4, 0.5) is 5.69 Å². The Balaban J connectivity index is 2.73. The van der Waals surface area contributed by atoms with Gasteiger partial charge in [-0.05, 0) is 32.2 Å². The van der Waals surface area contributed by atoms with E-state index >= 15 is 0 Å². The van der Waals surface area contributed by atoms with Gasteiger partial charge in [-0.25, -0.2) is 0 Å². The number of aromatic nitrogens is 1. The number of thioether (sulfide) groups is 1. The number of aliphatic hydroxyl groups excluding tert-OH is 1. The van der Waals surface area contributed by atoms with Crippen LogP contribution in [0.1, 0.15) is 25.6 Å². The van der Waals surface area contributed by atoms with E-state index in [0.29, 0.717) is 6.04 Å². The van der Waals surface area contributed by atoms with E-state index in [1.807, 2.05) is 30.1 Å². The number of aliphatic hydroxyl groups is 1. The Hall–Kier alpha value is -0.740. The second kappa shape index (κ2) is 6.11. The Morgan fingerprint density at radius 3 is 2.56 bits per heavy atom. The highest BCUT2D eigenvalue weighted by Gasteiger charge is 2.10. The standard InChI is InChI=1S/C12H20N2OS/c1-9(8-16-4)14(3)11-5-6-12(10(2)15)13-7-11/h5-7,9-10,15H,8H2,1-4H3/t9?,10-/m1/s1. The van der Waals surface area contributed by atoms with E-state index in [1.165, 1.54) is 0 Å². The summed E-state index contributed by atoms with van der Waals surface area (Å²) in [7, 11) is 2.07. The zero-order valence-electron chi connectivity index (χ0n) is 10.3. The molecule has 1 rings (SSSR count). The molecule has 1 N–H and O–H groups in total. The topological polar surface area (TPSA) is 36.4 Å². The second-order valence-electron chi connectivity index (χ2n) is 4.03. The third-order valence-electron chi connectivity index (χ3n) is 2.68. The Bertz CT molecular complexity index is 313.